The summed E-state index contributed by atoms with van der Waals surface area (Å²) in [6.07, 6.45) is 7.00. The fourth-order valence-corrected chi connectivity index (χ4v) is 3.34. The molecule has 1 heterocycles. The molecule has 1 fully saturated rings. The van der Waals surface area contributed by atoms with Gasteiger partial charge in [-0.1, -0.05) is 38.7 Å². The summed E-state index contributed by atoms with van der Waals surface area (Å²) < 4.78 is 11.5. The Kier molecular flexibility index (Phi) is 4.69. The van der Waals surface area contributed by atoms with Crippen molar-refractivity contribution < 1.29 is 14.6 Å². The molecular weight excluding hydrogens is 264 g/mol. The average molecular weight is 290 g/mol. The highest BCUT2D eigenvalue weighted by atomic mass is 16.5. The molecule has 0 saturated heterocycles. The lowest BCUT2D eigenvalue weighted by atomic mass is 9.96. The minimum absolute atomic E-state index is 0.389. The van der Waals surface area contributed by atoms with Crippen LogP contribution in [0.4, 0.5) is 0 Å². The van der Waals surface area contributed by atoms with E-state index in [0.717, 1.165) is 35.8 Å². The number of aliphatic hydroxyl groups is 1. The van der Waals surface area contributed by atoms with E-state index in [0.29, 0.717) is 19.1 Å². The number of hydrogen-bond acceptors (Lipinski definition) is 3. The topological polar surface area (TPSA) is 38.7 Å². The fourth-order valence-electron chi connectivity index (χ4n) is 3.34. The van der Waals surface area contributed by atoms with E-state index in [9.17, 15) is 5.11 Å². The van der Waals surface area contributed by atoms with Gasteiger partial charge in [0, 0.05) is 5.92 Å². The molecule has 3 rings (SSSR count). The number of fused-ring (bicyclic) bond motifs is 1. The van der Waals surface area contributed by atoms with Crippen LogP contribution in [0.2, 0.25) is 0 Å². The summed E-state index contributed by atoms with van der Waals surface area (Å²) in [4.78, 5) is 0. The summed E-state index contributed by atoms with van der Waals surface area (Å²) in [5.41, 5.74) is 0.949. The standard InChI is InChI=1S/C18H26O3/c1-13-11-20-17-9-7-15(10-18(17)21-12-13)16(19)8-6-14-4-2-3-5-14/h7,9-10,13-14,16,19H,2-6,8,11-12H2,1H3. The first-order chi connectivity index (χ1) is 10.2. The molecular formula is C18H26O3. The van der Waals surface area contributed by atoms with Gasteiger partial charge in [0.15, 0.2) is 11.5 Å². The lowest BCUT2D eigenvalue weighted by Gasteiger charge is -2.16. The predicted molar refractivity (Wildman–Crippen MR) is 82.7 cm³/mol. The summed E-state index contributed by atoms with van der Waals surface area (Å²) in [6, 6.07) is 5.85. The fraction of sp³-hybridized carbons (Fsp3) is 0.667. The van der Waals surface area contributed by atoms with Crippen molar-refractivity contribution >= 4 is 0 Å². The number of hydrogen-bond donors (Lipinski definition) is 1. The Bertz CT molecular complexity index is 466. The molecule has 2 unspecified atom stereocenters. The van der Waals surface area contributed by atoms with Crippen molar-refractivity contribution in [3.05, 3.63) is 23.8 Å². The van der Waals surface area contributed by atoms with E-state index in [4.69, 9.17) is 9.47 Å². The molecule has 2 aliphatic rings. The second-order valence-electron chi connectivity index (χ2n) is 6.68. The first kappa shape index (κ1) is 14.7. The van der Waals surface area contributed by atoms with Crippen molar-refractivity contribution in [2.75, 3.05) is 13.2 Å². The zero-order valence-corrected chi connectivity index (χ0v) is 12.9. The minimum atomic E-state index is -0.389. The van der Waals surface area contributed by atoms with Crippen molar-refractivity contribution in [2.45, 2.75) is 51.6 Å². The Labute approximate surface area is 127 Å². The van der Waals surface area contributed by atoms with Crippen LogP contribution in [0.1, 0.15) is 57.1 Å². The van der Waals surface area contributed by atoms with Crippen LogP contribution in [-0.4, -0.2) is 18.3 Å². The average Bonchev–Trinajstić information content (AvgIpc) is 2.95. The Hall–Kier alpha value is -1.22. The third kappa shape index (κ3) is 3.70. The molecule has 3 heteroatoms. The van der Waals surface area contributed by atoms with E-state index in [2.05, 4.69) is 6.92 Å². The highest BCUT2D eigenvalue weighted by Gasteiger charge is 2.20. The SMILES string of the molecule is CC1COc2ccc(C(O)CCC3CCCC3)cc2OC1. The summed E-state index contributed by atoms with van der Waals surface area (Å²) in [5.74, 6) is 2.79. The first-order valence-corrected chi connectivity index (χ1v) is 8.30. The van der Waals surface area contributed by atoms with Crippen molar-refractivity contribution in [3.8, 4) is 11.5 Å². The second kappa shape index (κ2) is 6.69. The van der Waals surface area contributed by atoms with Crippen LogP contribution in [0.3, 0.4) is 0 Å². The molecule has 0 amide bonds. The van der Waals surface area contributed by atoms with Gasteiger partial charge >= 0.3 is 0 Å². The molecule has 1 aliphatic carbocycles. The van der Waals surface area contributed by atoms with E-state index in [1.165, 1.54) is 25.7 Å². The van der Waals surface area contributed by atoms with Gasteiger partial charge in [0.1, 0.15) is 0 Å². The molecule has 1 aromatic carbocycles. The number of benzene rings is 1. The van der Waals surface area contributed by atoms with Gasteiger partial charge in [0.25, 0.3) is 0 Å². The van der Waals surface area contributed by atoms with Crippen LogP contribution in [0.15, 0.2) is 18.2 Å². The molecule has 116 valence electrons. The number of ether oxygens (including phenoxy) is 2. The highest BCUT2D eigenvalue weighted by molar-refractivity contribution is 5.44. The van der Waals surface area contributed by atoms with Gasteiger partial charge in [-0.15, -0.1) is 0 Å². The van der Waals surface area contributed by atoms with Crippen molar-refractivity contribution in [3.63, 3.8) is 0 Å². The second-order valence-corrected chi connectivity index (χ2v) is 6.68. The highest BCUT2D eigenvalue weighted by Crippen LogP contribution is 2.35. The van der Waals surface area contributed by atoms with Gasteiger partial charge in [0.05, 0.1) is 19.3 Å². The molecule has 1 aromatic rings. The predicted octanol–water partition coefficient (Wildman–Crippen LogP) is 4.10. The van der Waals surface area contributed by atoms with Crippen LogP contribution in [-0.2, 0) is 0 Å². The Balaban J connectivity index is 1.62. The van der Waals surface area contributed by atoms with E-state index < -0.39 is 0 Å². The minimum Gasteiger partial charge on any atom is -0.489 e. The number of aliphatic hydroxyl groups excluding tert-OH is 1. The molecule has 0 aromatic heterocycles. The molecule has 0 spiro atoms. The Morgan fingerprint density at radius 3 is 2.62 bits per heavy atom. The van der Waals surface area contributed by atoms with E-state index in [1.807, 2.05) is 18.2 Å². The molecule has 1 aliphatic heterocycles. The van der Waals surface area contributed by atoms with Gasteiger partial charge in [0.2, 0.25) is 0 Å². The molecule has 0 bridgehead atoms. The Morgan fingerprint density at radius 1 is 1.14 bits per heavy atom. The van der Waals surface area contributed by atoms with Crippen molar-refractivity contribution in [1.29, 1.82) is 0 Å². The van der Waals surface area contributed by atoms with E-state index in [1.54, 1.807) is 0 Å². The zero-order valence-electron chi connectivity index (χ0n) is 12.9. The first-order valence-electron chi connectivity index (χ1n) is 8.30. The van der Waals surface area contributed by atoms with Crippen LogP contribution >= 0.6 is 0 Å². The van der Waals surface area contributed by atoms with Crippen LogP contribution in [0.5, 0.6) is 11.5 Å². The van der Waals surface area contributed by atoms with Crippen LogP contribution < -0.4 is 9.47 Å². The maximum absolute atomic E-state index is 10.4. The Morgan fingerprint density at radius 2 is 1.86 bits per heavy atom. The van der Waals surface area contributed by atoms with E-state index >= 15 is 0 Å². The smallest absolute Gasteiger partial charge is 0.161 e. The lowest BCUT2D eigenvalue weighted by Crippen LogP contribution is -2.12. The van der Waals surface area contributed by atoms with Gasteiger partial charge < -0.3 is 14.6 Å². The van der Waals surface area contributed by atoms with Crippen LogP contribution in [0, 0.1) is 11.8 Å². The quantitative estimate of drug-likeness (QED) is 0.907. The zero-order chi connectivity index (χ0) is 14.7. The molecule has 2 atom stereocenters. The normalized spacial score (nSPS) is 23.8. The maximum atomic E-state index is 10.4. The number of rotatable bonds is 4. The molecule has 1 saturated carbocycles. The van der Waals surface area contributed by atoms with Crippen LogP contribution in [0.25, 0.3) is 0 Å². The van der Waals surface area contributed by atoms with Crippen molar-refractivity contribution in [2.24, 2.45) is 11.8 Å². The summed E-state index contributed by atoms with van der Waals surface area (Å²) in [7, 11) is 0. The monoisotopic (exact) mass is 290 g/mol. The van der Waals surface area contributed by atoms with Gasteiger partial charge in [-0.25, -0.2) is 0 Å². The van der Waals surface area contributed by atoms with Gasteiger partial charge in [-0.3, -0.25) is 0 Å². The third-order valence-corrected chi connectivity index (χ3v) is 4.72. The van der Waals surface area contributed by atoms with Crippen molar-refractivity contribution in [1.82, 2.24) is 0 Å². The molecule has 21 heavy (non-hydrogen) atoms. The lowest BCUT2D eigenvalue weighted by molar-refractivity contribution is 0.156. The molecule has 0 radical (unpaired) electrons. The molecule has 1 N–H and O–H groups in total. The summed E-state index contributed by atoms with van der Waals surface area (Å²) in [6.45, 7) is 3.48. The third-order valence-electron chi connectivity index (χ3n) is 4.72. The maximum Gasteiger partial charge on any atom is 0.161 e. The summed E-state index contributed by atoms with van der Waals surface area (Å²) >= 11 is 0. The largest absolute Gasteiger partial charge is 0.489 e. The van der Waals surface area contributed by atoms with Gasteiger partial charge in [-0.05, 0) is 36.5 Å². The van der Waals surface area contributed by atoms with E-state index in [-0.39, 0.29) is 6.10 Å². The molecule has 3 nitrogen and oxygen atoms in total. The summed E-state index contributed by atoms with van der Waals surface area (Å²) in [5, 5.41) is 10.4. The van der Waals surface area contributed by atoms with Gasteiger partial charge in [-0.2, -0.15) is 0 Å².